The molecule has 4 rings (SSSR count). The van der Waals surface area contributed by atoms with Gasteiger partial charge in [-0.3, -0.25) is 4.79 Å². The molecule has 35 heavy (non-hydrogen) atoms. The van der Waals surface area contributed by atoms with Crippen LogP contribution < -0.4 is 5.32 Å². The second-order valence-electron chi connectivity index (χ2n) is 12.7. The lowest BCUT2D eigenvalue weighted by molar-refractivity contribution is -0.223. The molecular weight excluding hydrogens is 470 g/mol. The summed E-state index contributed by atoms with van der Waals surface area (Å²) in [7, 11) is -4.33. The number of aliphatic hydroxyl groups excluding tert-OH is 3. The first kappa shape index (κ1) is 27.3. The fourth-order valence-corrected chi connectivity index (χ4v) is 9.53. The van der Waals surface area contributed by atoms with Crippen LogP contribution in [0.15, 0.2) is 0 Å². The minimum Gasteiger partial charge on any atom is -0.748 e. The molecule has 0 aliphatic heterocycles. The maximum atomic E-state index is 12.2. The van der Waals surface area contributed by atoms with Gasteiger partial charge in [-0.05, 0) is 97.7 Å². The standard InChI is InChI=1S/C26H45NO7S/c1-15(4-7-21(29)27-12-13-35(32,33)34)17-5-6-18-22-19(9-11-25(17,18)2)26(3)10-8-16(28)14-20(26)23(30)24(22)31/h15-20,22-24,28,30-31H,4-14H2,1-3H3,(H,27,29)(H,32,33,34)/p-1/t15-,16-,17-,18+,19+,20+,22+,23+,24+,25-,26-/m1/s1. The predicted octanol–water partition coefficient (Wildman–Crippen LogP) is 2.03. The molecule has 0 spiro atoms. The lowest BCUT2D eigenvalue weighted by atomic mass is 9.43. The fourth-order valence-electron chi connectivity index (χ4n) is 9.18. The zero-order valence-corrected chi connectivity index (χ0v) is 22.2. The quantitative estimate of drug-likeness (QED) is 0.380. The third-order valence-electron chi connectivity index (χ3n) is 11.0. The first-order valence-corrected chi connectivity index (χ1v) is 15.1. The van der Waals surface area contributed by atoms with Gasteiger partial charge in [-0.25, -0.2) is 8.42 Å². The van der Waals surface area contributed by atoms with Gasteiger partial charge in [0.05, 0.1) is 34.2 Å². The van der Waals surface area contributed by atoms with Crippen LogP contribution in [-0.2, 0) is 14.9 Å². The molecular formula is C26H44NO7S-. The van der Waals surface area contributed by atoms with E-state index in [1.807, 2.05) is 0 Å². The predicted molar refractivity (Wildman–Crippen MR) is 130 cm³/mol. The number of nitrogens with one attached hydrogen (secondary N) is 1. The van der Waals surface area contributed by atoms with E-state index in [9.17, 15) is 33.1 Å². The van der Waals surface area contributed by atoms with Crippen LogP contribution in [0.4, 0.5) is 0 Å². The zero-order valence-electron chi connectivity index (χ0n) is 21.4. The number of carbonyl (C=O) groups excluding carboxylic acids is 1. The highest BCUT2D eigenvalue weighted by molar-refractivity contribution is 7.85. The van der Waals surface area contributed by atoms with E-state index in [0.717, 1.165) is 38.5 Å². The summed E-state index contributed by atoms with van der Waals surface area (Å²) in [6.07, 6.45) is 5.46. The van der Waals surface area contributed by atoms with Gasteiger partial charge in [0.15, 0.2) is 0 Å². The summed E-state index contributed by atoms with van der Waals surface area (Å²) in [5, 5.41) is 35.3. The number of hydrogen-bond acceptors (Lipinski definition) is 7. The Morgan fingerprint density at radius 1 is 1.00 bits per heavy atom. The van der Waals surface area contributed by atoms with Crippen molar-refractivity contribution < 1.29 is 33.1 Å². The average Bonchev–Trinajstić information content (AvgIpc) is 3.13. The summed E-state index contributed by atoms with van der Waals surface area (Å²) < 4.78 is 32.2. The topological polar surface area (TPSA) is 147 Å². The van der Waals surface area contributed by atoms with Crippen LogP contribution in [0.1, 0.15) is 78.6 Å². The Morgan fingerprint density at radius 3 is 2.34 bits per heavy atom. The van der Waals surface area contributed by atoms with Crippen LogP contribution in [0.5, 0.6) is 0 Å². The van der Waals surface area contributed by atoms with Gasteiger partial charge in [-0.2, -0.15) is 0 Å². The summed E-state index contributed by atoms with van der Waals surface area (Å²) >= 11 is 0. The molecule has 11 atom stereocenters. The number of carbonyl (C=O) groups is 1. The zero-order chi connectivity index (χ0) is 25.8. The van der Waals surface area contributed by atoms with E-state index in [2.05, 4.69) is 26.1 Å². The maximum absolute atomic E-state index is 12.2. The highest BCUT2D eigenvalue weighted by Gasteiger charge is 2.65. The molecule has 4 fully saturated rings. The van der Waals surface area contributed by atoms with Crippen molar-refractivity contribution in [2.75, 3.05) is 12.3 Å². The molecule has 0 bridgehead atoms. The molecule has 4 aliphatic carbocycles. The lowest BCUT2D eigenvalue weighted by Gasteiger charge is -2.63. The third-order valence-corrected chi connectivity index (χ3v) is 11.7. The van der Waals surface area contributed by atoms with Gasteiger partial charge in [0, 0.05) is 13.0 Å². The Labute approximate surface area is 210 Å². The van der Waals surface area contributed by atoms with Crippen LogP contribution >= 0.6 is 0 Å². The van der Waals surface area contributed by atoms with Crippen LogP contribution in [0, 0.1) is 46.3 Å². The summed E-state index contributed by atoms with van der Waals surface area (Å²) in [4.78, 5) is 12.2. The average molecular weight is 515 g/mol. The van der Waals surface area contributed by atoms with Crippen LogP contribution in [0.25, 0.3) is 0 Å². The molecule has 0 radical (unpaired) electrons. The first-order chi connectivity index (χ1) is 16.3. The molecule has 202 valence electrons. The van der Waals surface area contributed by atoms with Crippen molar-refractivity contribution in [3.63, 3.8) is 0 Å². The molecule has 4 saturated carbocycles. The molecule has 0 aromatic rings. The van der Waals surface area contributed by atoms with Gasteiger partial charge in [0.2, 0.25) is 5.91 Å². The molecule has 1 amide bonds. The third kappa shape index (κ3) is 5.05. The second-order valence-corrected chi connectivity index (χ2v) is 14.2. The van der Waals surface area contributed by atoms with Gasteiger partial charge in [-0.15, -0.1) is 0 Å². The van der Waals surface area contributed by atoms with E-state index in [-0.39, 0.29) is 41.2 Å². The Hall–Kier alpha value is -0.740. The monoisotopic (exact) mass is 514 g/mol. The fraction of sp³-hybridized carbons (Fsp3) is 0.962. The van der Waals surface area contributed by atoms with Crippen molar-refractivity contribution in [3.05, 3.63) is 0 Å². The normalized spacial score (nSPS) is 46.3. The minimum absolute atomic E-state index is 0.0474. The van der Waals surface area contributed by atoms with Crippen molar-refractivity contribution in [1.82, 2.24) is 5.32 Å². The SMILES string of the molecule is C[C@H](CCC(=O)NCCS(=O)(=O)[O-])[C@H]1CC[C@H]2[C@@H]3[C@H](O)[C@@H](O)[C@@H]4C[C@H](O)CC[C@]4(C)[C@H]3CC[C@]12C. The van der Waals surface area contributed by atoms with E-state index in [1.54, 1.807) is 0 Å². The molecule has 4 aliphatic rings. The van der Waals surface area contributed by atoms with Crippen LogP contribution in [0.3, 0.4) is 0 Å². The molecule has 0 aromatic heterocycles. The van der Waals surface area contributed by atoms with Gasteiger partial charge < -0.3 is 25.2 Å². The van der Waals surface area contributed by atoms with Crippen molar-refractivity contribution in [3.8, 4) is 0 Å². The number of hydrogen-bond donors (Lipinski definition) is 4. The molecule has 0 unspecified atom stereocenters. The van der Waals surface area contributed by atoms with E-state index in [4.69, 9.17) is 0 Å². The highest BCUT2D eigenvalue weighted by Crippen LogP contribution is 2.68. The van der Waals surface area contributed by atoms with Crippen LogP contribution in [0.2, 0.25) is 0 Å². The largest absolute Gasteiger partial charge is 0.748 e. The lowest BCUT2D eigenvalue weighted by Crippen LogP contribution is -2.64. The summed E-state index contributed by atoms with van der Waals surface area (Å²) in [5.74, 6) is 0.598. The highest BCUT2D eigenvalue weighted by atomic mass is 32.2. The second kappa shape index (κ2) is 9.86. The van der Waals surface area contributed by atoms with Gasteiger partial charge in [0.25, 0.3) is 0 Å². The smallest absolute Gasteiger partial charge is 0.220 e. The van der Waals surface area contributed by atoms with Crippen molar-refractivity contribution in [2.24, 2.45) is 46.3 Å². The molecule has 8 nitrogen and oxygen atoms in total. The van der Waals surface area contributed by atoms with E-state index in [0.29, 0.717) is 42.9 Å². The summed E-state index contributed by atoms with van der Waals surface area (Å²) in [6, 6.07) is 0. The van der Waals surface area contributed by atoms with Gasteiger partial charge in [-0.1, -0.05) is 20.8 Å². The number of aliphatic hydroxyl groups is 3. The number of rotatable bonds is 7. The Bertz CT molecular complexity index is 896. The molecule has 4 N–H and O–H groups in total. The maximum Gasteiger partial charge on any atom is 0.220 e. The van der Waals surface area contributed by atoms with Crippen molar-refractivity contribution >= 4 is 16.0 Å². The van der Waals surface area contributed by atoms with E-state index >= 15 is 0 Å². The van der Waals surface area contributed by atoms with E-state index in [1.165, 1.54) is 0 Å². The molecule has 0 saturated heterocycles. The summed E-state index contributed by atoms with van der Waals surface area (Å²) in [5.41, 5.74) is -0.00495. The Balaban J connectivity index is 1.42. The Kier molecular flexibility index (Phi) is 7.69. The van der Waals surface area contributed by atoms with Gasteiger partial charge in [0.1, 0.15) is 0 Å². The molecule has 0 aromatic carbocycles. The Morgan fingerprint density at radius 2 is 1.66 bits per heavy atom. The minimum atomic E-state index is -4.33. The summed E-state index contributed by atoms with van der Waals surface area (Å²) in [6.45, 7) is 6.66. The van der Waals surface area contributed by atoms with Crippen LogP contribution in [-0.4, -0.2) is 64.8 Å². The number of amides is 1. The molecule has 9 heteroatoms. The van der Waals surface area contributed by atoms with Crippen molar-refractivity contribution in [2.45, 2.75) is 96.9 Å². The molecule has 0 heterocycles. The van der Waals surface area contributed by atoms with Gasteiger partial charge >= 0.3 is 0 Å². The first-order valence-electron chi connectivity index (χ1n) is 13.5. The van der Waals surface area contributed by atoms with Crippen molar-refractivity contribution in [1.29, 1.82) is 0 Å². The number of fused-ring (bicyclic) bond motifs is 5. The van der Waals surface area contributed by atoms with E-state index < -0.39 is 28.1 Å².